The Bertz CT molecular complexity index is 915. The van der Waals surface area contributed by atoms with E-state index in [2.05, 4.69) is 16.0 Å². The van der Waals surface area contributed by atoms with E-state index in [4.69, 9.17) is 11.6 Å². The highest BCUT2D eigenvalue weighted by molar-refractivity contribution is 8.77. The summed E-state index contributed by atoms with van der Waals surface area (Å²) in [7, 11) is 3.85. The number of rotatable bonds is 14. The van der Waals surface area contributed by atoms with Crippen LogP contribution in [0.15, 0.2) is 24.3 Å². The maximum absolute atomic E-state index is 13.4. The maximum atomic E-state index is 13.4. The molecule has 3 amide bonds. The monoisotopic (exact) mass is 569 g/mol. The molecule has 1 aliphatic rings. The van der Waals surface area contributed by atoms with Gasteiger partial charge in [-0.15, -0.1) is 0 Å². The quantitative estimate of drug-likeness (QED) is 0.170. The molecule has 1 aliphatic heterocycles. The van der Waals surface area contributed by atoms with Gasteiger partial charge in [0.15, 0.2) is 0 Å². The van der Waals surface area contributed by atoms with E-state index in [-0.39, 0.29) is 17.7 Å². The minimum absolute atomic E-state index is 0.131. The van der Waals surface area contributed by atoms with Gasteiger partial charge in [-0.1, -0.05) is 72.5 Å². The van der Waals surface area contributed by atoms with Gasteiger partial charge in [0.1, 0.15) is 12.1 Å². The third kappa shape index (κ3) is 12.1. The largest absolute Gasteiger partial charge is 0.350 e. The Morgan fingerprint density at radius 1 is 1.05 bits per heavy atom. The number of ketones is 1. The van der Waals surface area contributed by atoms with Gasteiger partial charge in [-0.2, -0.15) is 0 Å². The molecule has 0 bridgehead atoms. The number of unbranched alkanes of at least 4 members (excludes halogenated alkanes) is 1. The number of carbonyl (C=O) groups excluding carboxylic acids is 4. The minimum atomic E-state index is -1.07. The van der Waals surface area contributed by atoms with E-state index < -0.39 is 29.7 Å². The van der Waals surface area contributed by atoms with E-state index in [1.54, 1.807) is 31.2 Å². The van der Waals surface area contributed by atoms with Crippen LogP contribution in [-0.4, -0.2) is 53.1 Å². The van der Waals surface area contributed by atoms with E-state index in [9.17, 15) is 19.2 Å². The molecule has 10 heteroatoms. The van der Waals surface area contributed by atoms with Crippen LogP contribution in [0.5, 0.6) is 0 Å². The fourth-order valence-corrected chi connectivity index (χ4v) is 7.21. The van der Waals surface area contributed by atoms with Crippen LogP contribution in [-0.2, 0) is 25.6 Å². The Kier molecular flexibility index (Phi) is 13.3. The predicted octanol–water partition coefficient (Wildman–Crippen LogP) is 4.71. The first kappa shape index (κ1) is 31.5. The Hall–Kier alpha value is -1.71. The van der Waals surface area contributed by atoms with Crippen LogP contribution >= 0.6 is 33.2 Å². The molecule has 3 atom stereocenters. The normalized spacial score (nSPS) is 17.1. The second-order valence-corrected chi connectivity index (χ2v) is 13.8. The van der Waals surface area contributed by atoms with E-state index in [1.165, 1.54) is 12.2 Å². The molecular formula is C27H40ClN3O4S2. The lowest BCUT2D eigenvalue weighted by Gasteiger charge is -2.28. The second-order valence-electron chi connectivity index (χ2n) is 10.6. The van der Waals surface area contributed by atoms with Gasteiger partial charge >= 0.3 is 0 Å². The fraction of sp³-hybridized carbons (Fsp3) is 0.630. The number of nitrogens with one attached hydrogen (secondary N) is 3. The summed E-state index contributed by atoms with van der Waals surface area (Å²) >= 11 is 5.97. The van der Waals surface area contributed by atoms with Gasteiger partial charge in [0, 0.05) is 35.4 Å². The zero-order valence-electron chi connectivity index (χ0n) is 22.2. The molecule has 3 unspecified atom stereocenters. The Labute approximate surface area is 233 Å². The number of Topliss-reactive ketones (excluding diaryl/α,β-unsaturated/α-hetero) is 1. The fourth-order valence-electron chi connectivity index (χ4n) is 4.05. The van der Waals surface area contributed by atoms with E-state index in [0.29, 0.717) is 29.7 Å². The van der Waals surface area contributed by atoms with Crippen LogP contribution < -0.4 is 16.0 Å². The molecule has 37 heavy (non-hydrogen) atoms. The van der Waals surface area contributed by atoms with Gasteiger partial charge in [-0.25, -0.2) is 0 Å². The number of benzene rings is 1. The Morgan fingerprint density at radius 2 is 1.76 bits per heavy atom. The summed E-state index contributed by atoms with van der Waals surface area (Å²) in [5.41, 5.74) is 0.504. The van der Waals surface area contributed by atoms with Gasteiger partial charge < -0.3 is 16.0 Å². The number of hydrogen-bond donors (Lipinski definition) is 3. The second kappa shape index (κ2) is 15.6. The topological polar surface area (TPSA) is 104 Å². The first-order valence-electron chi connectivity index (χ1n) is 12.9. The average Bonchev–Trinajstić information content (AvgIpc) is 3.35. The molecule has 7 nitrogen and oxygen atoms in total. The van der Waals surface area contributed by atoms with Crippen LogP contribution in [0.25, 0.3) is 0 Å². The van der Waals surface area contributed by atoms with E-state index >= 15 is 0 Å². The van der Waals surface area contributed by atoms with E-state index in [1.807, 2.05) is 42.4 Å². The Balaban J connectivity index is 2.05. The standard InChI is InChI=1S/C27H40ClN3O4S2/c1-5-29-26(35)24(33)21(16-18-10-12-19(28)13-11-18)31-25(34)22(17-27(2,3)4)30-23(32)9-7-6-8-20-14-15-36-37-20/h10-13,20-22H,5-9,14-17H2,1-4H3,(H,29,35)(H,30,32)(H,31,34). The van der Waals surface area contributed by atoms with Crippen LogP contribution in [0, 0.1) is 5.41 Å². The van der Waals surface area contributed by atoms with Crippen molar-refractivity contribution in [2.24, 2.45) is 5.41 Å². The zero-order valence-corrected chi connectivity index (χ0v) is 24.6. The van der Waals surface area contributed by atoms with Gasteiger partial charge in [-0.3, -0.25) is 19.2 Å². The summed E-state index contributed by atoms with van der Waals surface area (Å²) in [6, 6.07) is 5.01. The summed E-state index contributed by atoms with van der Waals surface area (Å²) in [6.45, 7) is 7.98. The zero-order chi connectivity index (χ0) is 27.4. The number of likely N-dealkylation sites (N-methyl/N-ethyl adjacent to an activating group) is 1. The van der Waals surface area contributed by atoms with Crippen molar-refractivity contribution in [2.75, 3.05) is 12.3 Å². The van der Waals surface area contributed by atoms with Crippen molar-refractivity contribution in [3.05, 3.63) is 34.9 Å². The lowest BCUT2D eigenvalue weighted by atomic mass is 9.87. The van der Waals surface area contributed by atoms with Crippen molar-refractivity contribution in [2.45, 2.75) is 90.0 Å². The molecule has 0 aliphatic carbocycles. The van der Waals surface area contributed by atoms with Gasteiger partial charge in [0.2, 0.25) is 17.6 Å². The molecule has 1 fully saturated rings. The summed E-state index contributed by atoms with van der Waals surface area (Å²) in [5, 5.41) is 9.36. The first-order valence-corrected chi connectivity index (χ1v) is 15.7. The summed E-state index contributed by atoms with van der Waals surface area (Å²) < 4.78 is 0. The smallest absolute Gasteiger partial charge is 0.289 e. The SMILES string of the molecule is CCNC(=O)C(=O)C(Cc1ccc(Cl)cc1)NC(=O)C(CC(C)(C)C)NC(=O)CCCCC1CCSS1. The van der Waals surface area contributed by atoms with Gasteiger partial charge in [-0.05, 0) is 55.7 Å². The summed E-state index contributed by atoms with van der Waals surface area (Å²) in [4.78, 5) is 51.3. The van der Waals surface area contributed by atoms with Gasteiger partial charge in [0.05, 0.1) is 0 Å². The van der Waals surface area contributed by atoms with Crippen molar-refractivity contribution < 1.29 is 19.2 Å². The molecule has 206 valence electrons. The van der Waals surface area contributed by atoms with Crippen molar-refractivity contribution in [1.82, 2.24) is 16.0 Å². The lowest BCUT2D eigenvalue weighted by Crippen LogP contribution is -2.55. The average molecular weight is 570 g/mol. The summed E-state index contributed by atoms with van der Waals surface area (Å²) in [6.07, 6.45) is 4.95. The lowest BCUT2D eigenvalue weighted by molar-refractivity contribution is -0.140. The van der Waals surface area contributed by atoms with Crippen molar-refractivity contribution >= 4 is 56.7 Å². The van der Waals surface area contributed by atoms with Crippen LogP contribution in [0.4, 0.5) is 0 Å². The molecular weight excluding hydrogens is 530 g/mol. The molecule has 1 aromatic rings. The third-order valence-electron chi connectivity index (χ3n) is 5.92. The number of amides is 3. The third-order valence-corrected chi connectivity index (χ3v) is 9.18. The van der Waals surface area contributed by atoms with Crippen molar-refractivity contribution in [3.8, 4) is 0 Å². The Morgan fingerprint density at radius 3 is 2.35 bits per heavy atom. The molecule has 2 rings (SSSR count). The maximum Gasteiger partial charge on any atom is 0.289 e. The highest BCUT2D eigenvalue weighted by atomic mass is 35.5. The minimum Gasteiger partial charge on any atom is -0.350 e. The van der Waals surface area contributed by atoms with Crippen molar-refractivity contribution in [3.63, 3.8) is 0 Å². The highest BCUT2D eigenvalue weighted by Crippen LogP contribution is 2.39. The molecule has 1 heterocycles. The van der Waals surface area contributed by atoms with Crippen LogP contribution in [0.3, 0.4) is 0 Å². The molecule has 1 saturated heterocycles. The molecule has 1 aromatic carbocycles. The predicted molar refractivity (Wildman–Crippen MR) is 154 cm³/mol. The van der Waals surface area contributed by atoms with Gasteiger partial charge in [0.25, 0.3) is 5.91 Å². The van der Waals surface area contributed by atoms with Crippen LogP contribution in [0.1, 0.15) is 71.8 Å². The summed E-state index contributed by atoms with van der Waals surface area (Å²) in [5.74, 6) is -0.937. The van der Waals surface area contributed by atoms with Crippen LogP contribution in [0.2, 0.25) is 5.02 Å². The molecule has 0 radical (unpaired) electrons. The van der Waals surface area contributed by atoms with E-state index in [0.717, 1.165) is 24.8 Å². The number of carbonyl (C=O) groups is 4. The number of halogens is 1. The first-order chi connectivity index (χ1) is 17.5. The number of hydrogen-bond acceptors (Lipinski definition) is 6. The molecule has 0 spiro atoms. The van der Waals surface area contributed by atoms with Crippen molar-refractivity contribution in [1.29, 1.82) is 0 Å². The highest BCUT2D eigenvalue weighted by Gasteiger charge is 2.32. The molecule has 3 N–H and O–H groups in total. The molecule has 0 aromatic heterocycles. The molecule has 0 saturated carbocycles.